The Morgan fingerprint density at radius 1 is 1.47 bits per heavy atom. The van der Waals surface area contributed by atoms with Gasteiger partial charge in [-0.15, -0.1) is 0 Å². The van der Waals surface area contributed by atoms with E-state index in [0.717, 1.165) is 18.6 Å². The summed E-state index contributed by atoms with van der Waals surface area (Å²) >= 11 is 4.93. The second kappa shape index (κ2) is 4.57. The summed E-state index contributed by atoms with van der Waals surface area (Å²) in [5.41, 5.74) is 6.17. The van der Waals surface area contributed by atoms with Gasteiger partial charge in [-0.1, -0.05) is 12.2 Å². The van der Waals surface area contributed by atoms with Crippen molar-refractivity contribution >= 4 is 17.2 Å². The quantitative estimate of drug-likeness (QED) is 0.795. The minimum absolute atomic E-state index is 0.295. The third kappa shape index (κ3) is 2.45. The zero-order chi connectivity index (χ0) is 10.7. The SMILES string of the molecule is NC(=S)c1ncccc1OC1CCCC1. The molecule has 1 heterocycles. The van der Waals surface area contributed by atoms with Crippen molar-refractivity contribution in [2.45, 2.75) is 31.8 Å². The van der Waals surface area contributed by atoms with Gasteiger partial charge in [0.25, 0.3) is 0 Å². The number of nitrogens with zero attached hydrogens (tertiary/aromatic N) is 1. The number of ether oxygens (including phenoxy) is 1. The van der Waals surface area contributed by atoms with Crippen molar-refractivity contribution < 1.29 is 4.74 Å². The fourth-order valence-corrected chi connectivity index (χ4v) is 2.01. The molecular weight excluding hydrogens is 208 g/mol. The molecule has 2 rings (SSSR count). The highest BCUT2D eigenvalue weighted by Crippen LogP contribution is 2.25. The average Bonchev–Trinajstić information content (AvgIpc) is 2.71. The molecule has 15 heavy (non-hydrogen) atoms. The molecule has 0 spiro atoms. The fraction of sp³-hybridized carbons (Fsp3) is 0.455. The van der Waals surface area contributed by atoms with Crippen LogP contribution in [0, 0.1) is 0 Å². The van der Waals surface area contributed by atoms with Crippen molar-refractivity contribution in [3.8, 4) is 5.75 Å². The number of pyridine rings is 1. The molecule has 80 valence electrons. The normalized spacial score (nSPS) is 16.5. The van der Waals surface area contributed by atoms with Crippen LogP contribution in [0.5, 0.6) is 5.75 Å². The van der Waals surface area contributed by atoms with E-state index in [1.807, 2.05) is 12.1 Å². The van der Waals surface area contributed by atoms with Crippen LogP contribution in [-0.2, 0) is 0 Å². The average molecular weight is 222 g/mol. The summed E-state index contributed by atoms with van der Waals surface area (Å²) in [6.07, 6.45) is 6.70. The van der Waals surface area contributed by atoms with E-state index in [-0.39, 0.29) is 0 Å². The van der Waals surface area contributed by atoms with Gasteiger partial charge in [-0.05, 0) is 37.8 Å². The molecule has 0 amide bonds. The Labute approximate surface area is 94.6 Å². The number of hydrogen-bond donors (Lipinski definition) is 1. The third-order valence-electron chi connectivity index (χ3n) is 2.60. The molecule has 0 unspecified atom stereocenters. The van der Waals surface area contributed by atoms with Crippen LogP contribution >= 0.6 is 12.2 Å². The fourth-order valence-electron chi connectivity index (χ4n) is 1.86. The van der Waals surface area contributed by atoms with Crippen LogP contribution < -0.4 is 10.5 Å². The molecule has 0 saturated heterocycles. The summed E-state index contributed by atoms with van der Waals surface area (Å²) in [5, 5.41) is 0. The molecule has 4 heteroatoms. The van der Waals surface area contributed by atoms with Crippen molar-refractivity contribution in [1.82, 2.24) is 4.98 Å². The summed E-state index contributed by atoms with van der Waals surface area (Å²) in [7, 11) is 0. The van der Waals surface area contributed by atoms with Crippen LogP contribution in [0.2, 0.25) is 0 Å². The maximum atomic E-state index is 5.84. The van der Waals surface area contributed by atoms with Gasteiger partial charge >= 0.3 is 0 Å². The predicted molar refractivity (Wildman–Crippen MR) is 63.0 cm³/mol. The number of hydrogen-bond acceptors (Lipinski definition) is 3. The van der Waals surface area contributed by atoms with Crippen molar-refractivity contribution in [3.05, 3.63) is 24.0 Å². The van der Waals surface area contributed by atoms with Gasteiger partial charge < -0.3 is 10.5 Å². The first-order valence-electron chi connectivity index (χ1n) is 5.19. The van der Waals surface area contributed by atoms with Gasteiger partial charge in [0.1, 0.15) is 16.4 Å². The molecule has 1 aromatic heterocycles. The first-order valence-corrected chi connectivity index (χ1v) is 5.59. The molecular formula is C11H14N2OS. The van der Waals surface area contributed by atoms with E-state index in [2.05, 4.69) is 4.98 Å². The predicted octanol–water partition coefficient (Wildman–Crippen LogP) is 2.04. The van der Waals surface area contributed by atoms with Gasteiger partial charge in [0.2, 0.25) is 0 Å². The summed E-state index contributed by atoms with van der Waals surface area (Å²) in [6.45, 7) is 0. The summed E-state index contributed by atoms with van der Waals surface area (Å²) in [4.78, 5) is 4.42. The molecule has 0 aromatic carbocycles. The molecule has 1 aliphatic carbocycles. The Kier molecular flexibility index (Phi) is 3.16. The Hall–Kier alpha value is -1.16. The van der Waals surface area contributed by atoms with E-state index in [9.17, 15) is 0 Å². The lowest BCUT2D eigenvalue weighted by molar-refractivity contribution is 0.209. The van der Waals surface area contributed by atoms with Gasteiger partial charge in [-0.3, -0.25) is 0 Å². The molecule has 3 nitrogen and oxygen atoms in total. The maximum absolute atomic E-state index is 5.84. The van der Waals surface area contributed by atoms with Crippen molar-refractivity contribution in [1.29, 1.82) is 0 Å². The summed E-state index contributed by atoms with van der Waals surface area (Å²) in [5.74, 6) is 0.719. The maximum Gasteiger partial charge on any atom is 0.148 e. The molecule has 0 bridgehead atoms. The van der Waals surface area contributed by atoms with Gasteiger partial charge in [-0.2, -0.15) is 0 Å². The molecule has 2 N–H and O–H groups in total. The van der Waals surface area contributed by atoms with Gasteiger partial charge in [-0.25, -0.2) is 4.98 Å². The van der Waals surface area contributed by atoms with E-state index < -0.39 is 0 Å². The van der Waals surface area contributed by atoms with Crippen LogP contribution in [0.4, 0.5) is 0 Å². The van der Waals surface area contributed by atoms with E-state index in [4.69, 9.17) is 22.7 Å². The Bertz CT molecular complexity index is 361. The number of rotatable bonds is 3. The third-order valence-corrected chi connectivity index (χ3v) is 2.79. The van der Waals surface area contributed by atoms with Crippen LogP contribution in [0.3, 0.4) is 0 Å². The first-order chi connectivity index (χ1) is 7.27. The monoisotopic (exact) mass is 222 g/mol. The molecule has 1 aliphatic rings. The largest absolute Gasteiger partial charge is 0.488 e. The van der Waals surface area contributed by atoms with Crippen LogP contribution in [-0.4, -0.2) is 16.1 Å². The second-order valence-corrected chi connectivity index (χ2v) is 4.18. The lowest BCUT2D eigenvalue weighted by Crippen LogP contribution is -2.17. The van der Waals surface area contributed by atoms with E-state index in [1.54, 1.807) is 6.20 Å². The van der Waals surface area contributed by atoms with Crippen molar-refractivity contribution in [2.75, 3.05) is 0 Å². The number of nitrogens with two attached hydrogens (primary N) is 1. The standard InChI is InChI=1S/C11H14N2OS/c12-11(15)10-9(6-3-7-13-10)14-8-4-1-2-5-8/h3,6-8H,1-2,4-5H2,(H2,12,15). The van der Waals surface area contributed by atoms with Crippen molar-refractivity contribution in [2.24, 2.45) is 5.73 Å². The van der Waals surface area contributed by atoms with Crippen LogP contribution in [0.1, 0.15) is 31.4 Å². The van der Waals surface area contributed by atoms with Crippen molar-refractivity contribution in [3.63, 3.8) is 0 Å². The topological polar surface area (TPSA) is 48.1 Å². The van der Waals surface area contributed by atoms with Crippen LogP contribution in [0.25, 0.3) is 0 Å². The number of thiocarbonyl (C=S) groups is 1. The van der Waals surface area contributed by atoms with Crippen LogP contribution in [0.15, 0.2) is 18.3 Å². The molecule has 1 fully saturated rings. The Morgan fingerprint density at radius 3 is 2.87 bits per heavy atom. The molecule has 0 aliphatic heterocycles. The summed E-state index contributed by atoms with van der Waals surface area (Å²) < 4.78 is 5.84. The lowest BCUT2D eigenvalue weighted by atomic mass is 10.3. The first kappa shape index (κ1) is 10.4. The second-order valence-electron chi connectivity index (χ2n) is 3.74. The minimum atomic E-state index is 0.295. The number of aromatic nitrogens is 1. The smallest absolute Gasteiger partial charge is 0.148 e. The summed E-state index contributed by atoms with van der Waals surface area (Å²) in [6, 6.07) is 3.71. The highest BCUT2D eigenvalue weighted by atomic mass is 32.1. The van der Waals surface area contributed by atoms with Gasteiger partial charge in [0.15, 0.2) is 0 Å². The minimum Gasteiger partial charge on any atom is -0.488 e. The molecule has 1 aromatic rings. The Balaban J connectivity index is 2.15. The van der Waals surface area contributed by atoms with E-state index in [1.165, 1.54) is 12.8 Å². The lowest BCUT2D eigenvalue weighted by Gasteiger charge is -2.14. The zero-order valence-electron chi connectivity index (χ0n) is 8.48. The highest BCUT2D eigenvalue weighted by Gasteiger charge is 2.18. The molecule has 1 saturated carbocycles. The Morgan fingerprint density at radius 2 is 2.20 bits per heavy atom. The molecule has 0 radical (unpaired) electrons. The van der Waals surface area contributed by atoms with E-state index >= 15 is 0 Å². The van der Waals surface area contributed by atoms with Gasteiger partial charge in [0, 0.05) is 6.20 Å². The van der Waals surface area contributed by atoms with Gasteiger partial charge in [0.05, 0.1) is 6.10 Å². The molecule has 0 atom stereocenters. The van der Waals surface area contributed by atoms with E-state index in [0.29, 0.717) is 16.8 Å². The zero-order valence-corrected chi connectivity index (χ0v) is 9.30. The highest BCUT2D eigenvalue weighted by molar-refractivity contribution is 7.80.